The molecule has 0 atom stereocenters. The Labute approximate surface area is 164 Å². The minimum Gasteiger partial charge on any atom is -0.356 e. The molecule has 0 fully saturated rings. The number of aromatic nitrogens is 5. The highest BCUT2D eigenvalue weighted by atomic mass is 32.1. The number of fused-ring (bicyclic) bond motifs is 1. The number of hydrogen-bond acceptors (Lipinski definition) is 6. The normalized spacial score (nSPS) is 11.3. The minimum absolute atomic E-state index is 0.231. The van der Waals surface area contributed by atoms with Crippen molar-refractivity contribution in [3.8, 4) is 16.9 Å². The molecular formula is C19H18N6O2S. The summed E-state index contributed by atoms with van der Waals surface area (Å²) in [4.78, 5) is 25.7. The fourth-order valence-corrected chi connectivity index (χ4v) is 3.57. The Morgan fingerprint density at radius 3 is 2.57 bits per heavy atom. The van der Waals surface area contributed by atoms with Crippen LogP contribution < -0.4 is 10.9 Å². The highest BCUT2D eigenvalue weighted by Crippen LogP contribution is 2.25. The van der Waals surface area contributed by atoms with Crippen molar-refractivity contribution in [2.45, 2.75) is 19.8 Å². The molecule has 0 aliphatic carbocycles. The summed E-state index contributed by atoms with van der Waals surface area (Å²) in [5, 5.41) is 16.5. The highest BCUT2D eigenvalue weighted by molar-refractivity contribution is 7.15. The van der Waals surface area contributed by atoms with E-state index in [0.29, 0.717) is 27.6 Å². The van der Waals surface area contributed by atoms with Crippen LogP contribution in [0.5, 0.6) is 0 Å². The second kappa shape index (κ2) is 7.01. The number of anilines is 1. The molecule has 0 saturated carbocycles. The molecule has 28 heavy (non-hydrogen) atoms. The maximum absolute atomic E-state index is 12.9. The Kier molecular flexibility index (Phi) is 4.52. The lowest BCUT2D eigenvalue weighted by Crippen LogP contribution is -2.17. The van der Waals surface area contributed by atoms with E-state index in [9.17, 15) is 9.59 Å². The Morgan fingerprint density at radius 1 is 1.14 bits per heavy atom. The van der Waals surface area contributed by atoms with Gasteiger partial charge in [-0.05, 0) is 12.1 Å². The number of nitrogens with zero attached hydrogens (tertiary/aromatic N) is 5. The second-order valence-corrected chi connectivity index (χ2v) is 7.72. The average Bonchev–Trinajstić information content (AvgIpc) is 3.27. The molecule has 0 radical (unpaired) electrons. The molecule has 2 aliphatic rings. The average molecular weight is 394 g/mol. The maximum atomic E-state index is 12.9. The lowest BCUT2D eigenvalue weighted by atomic mass is 10.1. The van der Waals surface area contributed by atoms with Gasteiger partial charge in [-0.3, -0.25) is 14.9 Å². The molecule has 9 heteroatoms. The number of nitrogens with one attached hydrogen (secondary N) is 1. The van der Waals surface area contributed by atoms with Gasteiger partial charge in [-0.15, -0.1) is 10.2 Å². The number of hydrogen-bond donors (Lipinski definition) is 1. The summed E-state index contributed by atoms with van der Waals surface area (Å²) < 4.78 is 2.98. The Morgan fingerprint density at radius 2 is 1.89 bits per heavy atom. The first kappa shape index (κ1) is 18.1. The zero-order valence-corrected chi connectivity index (χ0v) is 16.4. The van der Waals surface area contributed by atoms with Crippen LogP contribution in [0.25, 0.3) is 16.9 Å². The van der Waals surface area contributed by atoms with Gasteiger partial charge in [0.25, 0.3) is 11.5 Å². The molecule has 1 N–H and O–H groups in total. The van der Waals surface area contributed by atoms with Crippen molar-refractivity contribution in [3.63, 3.8) is 0 Å². The summed E-state index contributed by atoms with van der Waals surface area (Å²) in [6.45, 7) is 4.03. The number of amides is 1. The van der Waals surface area contributed by atoms with Crippen LogP contribution >= 0.6 is 11.3 Å². The zero-order chi connectivity index (χ0) is 19.8. The molecule has 0 saturated heterocycles. The quantitative estimate of drug-likeness (QED) is 0.574. The van der Waals surface area contributed by atoms with Crippen LogP contribution in [-0.4, -0.2) is 30.5 Å². The van der Waals surface area contributed by atoms with Crippen LogP contribution in [0, 0.1) is 0 Å². The van der Waals surface area contributed by atoms with Gasteiger partial charge < -0.3 is 4.57 Å². The van der Waals surface area contributed by atoms with Crippen LogP contribution in [0.3, 0.4) is 0 Å². The van der Waals surface area contributed by atoms with Crippen molar-refractivity contribution < 1.29 is 4.79 Å². The monoisotopic (exact) mass is 394 g/mol. The summed E-state index contributed by atoms with van der Waals surface area (Å²) >= 11 is 1.33. The topological polar surface area (TPSA) is 94.7 Å². The fourth-order valence-electron chi connectivity index (χ4n) is 2.83. The van der Waals surface area contributed by atoms with Gasteiger partial charge >= 0.3 is 0 Å². The molecule has 2 aromatic rings. The summed E-state index contributed by atoms with van der Waals surface area (Å²) in [6.07, 6.45) is 3.31. The Balaban J connectivity index is 1.76. The number of carbonyl (C=O) groups is 1. The molecule has 2 aliphatic heterocycles. The number of pyridine rings is 1. The van der Waals surface area contributed by atoms with E-state index < -0.39 is 0 Å². The lowest BCUT2D eigenvalue weighted by Gasteiger charge is -2.08. The molecule has 0 spiro atoms. The van der Waals surface area contributed by atoms with E-state index in [-0.39, 0.29) is 17.4 Å². The minimum atomic E-state index is -0.384. The number of para-hydroxylation sites is 1. The number of benzene rings is 1. The standard InChI is InChI=1S/C19H18N6O2S/c1-11(2)17-21-22-19(28-17)20-16(26)13-9-24(3)10-14-15(13)23-25(18(14)27)12-7-5-4-6-8-12/h4-11H,1-3H3,(H,20,22,26). The van der Waals surface area contributed by atoms with Crippen molar-refractivity contribution in [3.05, 3.63) is 63.7 Å². The zero-order valence-electron chi connectivity index (χ0n) is 15.6. The van der Waals surface area contributed by atoms with E-state index in [1.54, 1.807) is 36.1 Å². The molecule has 142 valence electrons. The molecular weight excluding hydrogens is 376 g/mol. The van der Waals surface area contributed by atoms with Gasteiger partial charge in [0.2, 0.25) is 5.13 Å². The third-order valence-electron chi connectivity index (χ3n) is 4.20. The number of carbonyl (C=O) groups excluding carboxylic acids is 1. The fraction of sp³-hybridized carbons (Fsp3) is 0.211. The molecule has 1 aromatic carbocycles. The second-order valence-electron chi connectivity index (χ2n) is 6.71. The summed E-state index contributed by atoms with van der Waals surface area (Å²) in [5.41, 5.74) is 1.39. The van der Waals surface area contributed by atoms with Crippen molar-refractivity contribution >= 4 is 22.4 Å². The highest BCUT2D eigenvalue weighted by Gasteiger charge is 2.24. The molecule has 1 aromatic heterocycles. The molecule has 3 heterocycles. The van der Waals surface area contributed by atoms with E-state index in [2.05, 4.69) is 20.6 Å². The molecule has 4 rings (SSSR count). The van der Waals surface area contributed by atoms with Gasteiger partial charge in [-0.2, -0.15) is 9.78 Å². The van der Waals surface area contributed by atoms with E-state index >= 15 is 0 Å². The Hall–Kier alpha value is -3.33. The van der Waals surface area contributed by atoms with Crippen LogP contribution in [0.4, 0.5) is 5.13 Å². The third-order valence-corrected chi connectivity index (χ3v) is 5.34. The predicted octanol–water partition coefficient (Wildman–Crippen LogP) is 2.90. The molecule has 1 amide bonds. The van der Waals surface area contributed by atoms with Crippen molar-refractivity contribution in [1.82, 2.24) is 24.5 Å². The predicted molar refractivity (Wildman–Crippen MR) is 107 cm³/mol. The van der Waals surface area contributed by atoms with Crippen LogP contribution in [-0.2, 0) is 7.05 Å². The molecule has 0 unspecified atom stereocenters. The number of rotatable bonds is 4. The maximum Gasteiger partial charge on any atom is 0.282 e. The number of aryl methyl sites for hydroxylation is 1. The summed E-state index contributed by atoms with van der Waals surface area (Å²) in [7, 11) is 1.76. The van der Waals surface area contributed by atoms with Gasteiger partial charge in [-0.25, -0.2) is 0 Å². The first-order valence-corrected chi connectivity index (χ1v) is 9.55. The van der Waals surface area contributed by atoms with Gasteiger partial charge in [0, 0.05) is 25.4 Å². The van der Waals surface area contributed by atoms with Gasteiger partial charge in [0.1, 0.15) is 10.7 Å². The first-order chi connectivity index (χ1) is 13.4. The third kappa shape index (κ3) is 3.20. The van der Waals surface area contributed by atoms with Gasteiger partial charge in [0.15, 0.2) is 0 Å². The summed E-state index contributed by atoms with van der Waals surface area (Å²) in [5.74, 6) is -0.153. The first-order valence-electron chi connectivity index (χ1n) is 8.73. The Bertz CT molecular complexity index is 1170. The molecule has 8 nitrogen and oxygen atoms in total. The van der Waals surface area contributed by atoms with Crippen molar-refractivity contribution in [2.24, 2.45) is 7.05 Å². The van der Waals surface area contributed by atoms with E-state index in [1.165, 1.54) is 16.0 Å². The molecule has 0 bridgehead atoms. The smallest absolute Gasteiger partial charge is 0.282 e. The van der Waals surface area contributed by atoms with E-state index in [4.69, 9.17) is 0 Å². The SMILES string of the molecule is CC(C)c1nnc(NC(=O)c2cn(C)cc3c(=O)n(-c4ccccc4)nc2-3)s1. The van der Waals surface area contributed by atoms with Crippen molar-refractivity contribution in [2.75, 3.05) is 5.32 Å². The van der Waals surface area contributed by atoms with Crippen molar-refractivity contribution in [1.29, 1.82) is 0 Å². The lowest BCUT2D eigenvalue weighted by molar-refractivity contribution is 0.102. The largest absolute Gasteiger partial charge is 0.356 e. The van der Waals surface area contributed by atoms with Gasteiger partial charge in [-0.1, -0.05) is 43.4 Å². The van der Waals surface area contributed by atoms with E-state index in [0.717, 1.165) is 5.01 Å². The van der Waals surface area contributed by atoms with Crippen LogP contribution in [0.2, 0.25) is 0 Å². The van der Waals surface area contributed by atoms with E-state index in [1.807, 2.05) is 32.0 Å². The van der Waals surface area contributed by atoms with Crippen LogP contribution in [0.15, 0.2) is 47.5 Å². The van der Waals surface area contributed by atoms with Crippen LogP contribution in [0.1, 0.15) is 35.1 Å². The summed E-state index contributed by atoms with van der Waals surface area (Å²) in [6, 6.07) is 9.11. The van der Waals surface area contributed by atoms with Gasteiger partial charge in [0.05, 0.1) is 16.8 Å².